The Morgan fingerprint density at radius 2 is 1.67 bits per heavy atom. The molecule has 1 heterocycles. The third kappa shape index (κ3) is 3.04. The van der Waals surface area contributed by atoms with Gasteiger partial charge in [0.15, 0.2) is 11.5 Å². The van der Waals surface area contributed by atoms with Gasteiger partial charge >= 0.3 is 6.18 Å². The van der Waals surface area contributed by atoms with Crippen molar-refractivity contribution in [2.24, 2.45) is 0 Å². The molecule has 0 aromatic heterocycles. The van der Waals surface area contributed by atoms with E-state index < -0.39 is 11.7 Å². The molecule has 0 saturated carbocycles. The number of fused-ring (bicyclic) bond motifs is 1. The summed E-state index contributed by atoms with van der Waals surface area (Å²) in [5.74, 6) is 1.82. The van der Waals surface area contributed by atoms with E-state index in [1.54, 1.807) is 18.2 Å². The first-order valence-corrected chi connectivity index (χ1v) is 6.21. The highest BCUT2D eigenvalue weighted by atomic mass is 19.4. The van der Waals surface area contributed by atoms with Crippen LogP contribution in [0.1, 0.15) is 11.1 Å². The molecule has 0 radical (unpaired) electrons. The maximum absolute atomic E-state index is 12.4. The molecule has 1 aliphatic rings. The zero-order valence-electron chi connectivity index (χ0n) is 10.8. The lowest BCUT2D eigenvalue weighted by Gasteiger charge is -2.09. The third-order valence-corrected chi connectivity index (χ3v) is 3.03. The maximum Gasteiger partial charge on any atom is 0.416 e. The van der Waals surface area contributed by atoms with Gasteiger partial charge in [-0.15, -0.1) is 0 Å². The van der Waals surface area contributed by atoms with Crippen molar-refractivity contribution in [3.8, 4) is 17.2 Å². The molecule has 0 saturated heterocycles. The number of halogens is 3. The third-order valence-electron chi connectivity index (χ3n) is 3.03. The van der Waals surface area contributed by atoms with Gasteiger partial charge in [0.25, 0.3) is 0 Å². The molecule has 2 aromatic rings. The van der Waals surface area contributed by atoms with E-state index in [4.69, 9.17) is 14.2 Å². The van der Waals surface area contributed by atoms with E-state index in [1.165, 1.54) is 12.1 Å². The highest BCUT2D eigenvalue weighted by Gasteiger charge is 2.29. The summed E-state index contributed by atoms with van der Waals surface area (Å²) in [5.41, 5.74) is -0.0185. The minimum Gasteiger partial charge on any atom is -0.489 e. The van der Waals surface area contributed by atoms with E-state index in [1.807, 2.05) is 0 Å². The predicted molar refractivity (Wildman–Crippen MR) is 68.3 cm³/mol. The van der Waals surface area contributed by atoms with Crippen molar-refractivity contribution in [3.05, 3.63) is 53.6 Å². The van der Waals surface area contributed by atoms with Crippen LogP contribution in [0.2, 0.25) is 0 Å². The van der Waals surface area contributed by atoms with Crippen LogP contribution in [0.4, 0.5) is 13.2 Å². The van der Waals surface area contributed by atoms with E-state index in [-0.39, 0.29) is 13.4 Å². The topological polar surface area (TPSA) is 27.7 Å². The van der Waals surface area contributed by atoms with Crippen molar-refractivity contribution < 1.29 is 27.4 Å². The molecule has 0 atom stereocenters. The number of benzene rings is 2. The summed E-state index contributed by atoms with van der Waals surface area (Å²) in [6, 6.07) is 10.0. The van der Waals surface area contributed by atoms with E-state index in [9.17, 15) is 13.2 Å². The monoisotopic (exact) mass is 296 g/mol. The van der Waals surface area contributed by atoms with Crippen LogP contribution in [0, 0.1) is 0 Å². The van der Waals surface area contributed by atoms with Gasteiger partial charge in [0, 0.05) is 6.07 Å². The maximum atomic E-state index is 12.4. The Bertz CT molecular complexity index is 636. The second kappa shape index (κ2) is 5.20. The van der Waals surface area contributed by atoms with Crippen molar-refractivity contribution >= 4 is 0 Å². The van der Waals surface area contributed by atoms with Crippen LogP contribution in [0.3, 0.4) is 0 Å². The highest BCUT2D eigenvalue weighted by Crippen LogP contribution is 2.35. The fourth-order valence-corrected chi connectivity index (χ4v) is 1.92. The second-order valence-corrected chi connectivity index (χ2v) is 4.50. The largest absolute Gasteiger partial charge is 0.489 e. The molecule has 3 rings (SSSR count). The SMILES string of the molecule is FC(F)(F)c1ccc(COc2ccc3c(c2)OCO3)cc1. The van der Waals surface area contributed by atoms with Crippen molar-refractivity contribution in [3.63, 3.8) is 0 Å². The summed E-state index contributed by atoms with van der Waals surface area (Å²) >= 11 is 0. The van der Waals surface area contributed by atoms with Crippen molar-refractivity contribution in [1.29, 1.82) is 0 Å². The number of hydrogen-bond acceptors (Lipinski definition) is 3. The van der Waals surface area contributed by atoms with Crippen LogP contribution in [0.25, 0.3) is 0 Å². The average molecular weight is 296 g/mol. The van der Waals surface area contributed by atoms with Crippen LogP contribution >= 0.6 is 0 Å². The van der Waals surface area contributed by atoms with Crippen LogP contribution in [0.15, 0.2) is 42.5 Å². The Labute approximate surface area is 118 Å². The molecule has 0 spiro atoms. The van der Waals surface area contributed by atoms with Crippen LogP contribution < -0.4 is 14.2 Å². The van der Waals surface area contributed by atoms with E-state index in [0.29, 0.717) is 22.8 Å². The quantitative estimate of drug-likeness (QED) is 0.856. The Morgan fingerprint density at radius 1 is 0.952 bits per heavy atom. The molecule has 21 heavy (non-hydrogen) atoms. The van der Waals surface area contributed by atoms with Crippen LogP contribution in [-0.2, 0) is 12.8 Å². The number of hydrogen-bond donors (Lipinski definition) is 0. The lowest BCUT2D eigenvalue weighted by atomic mass is 10.1. The van der Waals surface area contributed by atoms with Crippen molar-refractivity contribution in [2.45, 2.75) is 12.8 Å². The summed E-state index contributed by atoms with van der Waals surface area (Å²) in [6.45, 7) is 0.357. The minimum atomic E-state index is -4.32. The normalized spacial score (nSPS) is 13.3. The van der Waals surface area contributed by atoms with Gasteiger partial charge in [-0.2, -0.15) is 13.2 Å². The first-order chi connectivity index (χ1) is 10.0. The number of alkyl halides is 3. The van der Waals surface area contributed by atoms with Crippen LogP contribution in [-0.4, -0.2) is 6.79 Å². The van der Waals surface area contributed by atoms with E-state index in [0.717, 1.165) is 12.1 Å². The molecule has 0 aliphatic carbocycles. The summed E-state index contributed by atoms with van der Waals surface area (Å²) in [7, 11) is 0. The lowest BCUT2D eigenvalue weighted by molar-refractivity contribution is -0.137. The smallest absolute Gasteiger partial charge is 0.416 e. The number of ether oxygens (including phenoxy) is 3. The van der Waals surface area contributed by atoms with Gasteiger partial charge in [-0.1, -0.05) is 12.1 Å². The Kier molecular flexibility index (Phi) is 3.37. The van der Waals surface area contributed by atoms with Gasteiger partial charge in [0.05, 0.1) is 5.56 Å². The first kappa shape index (κ1) is 13.6. The molecule has 3 nitrogen and oxygen atoms in total. The summed E-state index contributed by atoms with van der Waals surface area (Å²) in [6.07, 6.45) is -4.32. The van der Waals surface area contributed by atoms with Gasteiger partial charge in [0.2, 0.25) is 6.79 Å². The summed E-state index contributed by atoms with van der Waals surface area (Å²) < 4.78 is 53.2. The molecule has 0 fully saturated rings. The zero-order valence-corrected chi connectivity index (χ0v) is 10.8. The minimum absolute atomic E-state index is 0.178. The Morgan fingerprint density at radius 3 is 2.38 bits per heavy atom. The molecule has 0 amide bonds. The molecular weight excluding hydrogens is 285 g/mol. The van der Waals surface area contributed by atoms with Gasteiger partial charge in [-0.3, -0.25) is 0 Å². The molecular formula is C15H11F3O3. The molecule has 1 aliphatic heterocycles. The van der Waals surface area contributed by atoms with Crippen LogP contribution in [0.5, 0.6) is 17.2 Å². The molecule has 110 valence electrons. The second-order valence-electron chi connectivity index (χ2n) is 4.50. The Balaban J connectivity index is 1.65. The fourth-order valence-electron chi connectivity index (χ4n) is 1.92. The van der Waals surface area contributed by atoms with Crippen molar-refractivity contribution in [1.82, 2.24) is 0 Å². The average Bonchev–Trinajstić information content (AvgIpc) is 2.92. The van der Waals surface area contributed by atoms with Gasteiger partial charge in [0.1, 0.15) is 12.4 Å². The molecule has 6 heteroatoms. The van der Waals surface area contributed by atoms with Gasteiger partial charge in [-0.25, -0.2) is 0 Å². The lowest BCUT2D eigenvalue weighted by Crippen LogP contribution is -2.05. The van der Waals surface area contributed by atoms with Crippen molar-refractivity contribution in [2.75, 3.05) is 6.79 Å². The highest BCUT2D eigenvalue weighted by molar-refractivity contribution is 5.46. The van der Waals surface area contributed by atoms with E-state index >= 15 is 0 Å². The van der Waals surface area contributed by atoms with Gasteiger partial charge in [-0.05, 0) is 29.8 Å². The molecule has 0 bridgehead atoms. The fraction of sp³-hybridized carbons (Fsp3) is 0.200. The first-order valence-electron chi connectivity index (χ1n) is 6.21. The molecule has 0 N–H and O–H groups in total. The predicted octanol–water partition coefficient (Wildman–Crippen LogP) is 4.01. The van der Waals surface area contributed by atoms with Gasteiger partial charge < -0.3 is 14.2 Å². The standard InChI is InChI=1S/C15H11F3O3/c16-15(17,18)11-3-1-10(2-4-11)8-19-12-5-6-13-14(7-12)21-9-20-13/h1-7H,8-9H2. The summed E-state index contributed by atoms with van der Waals surface area (Å²) in [5, 5.41) is 0. The van der Waals surface area contributed by atoms with E-state index in [2.05, 4.69) is 0 Å². The molecule has 0 unspecified atom stereocenters. The molecule has 2 aromatic carbocycles. The number of rotatable bonds is 3. The Hall–Kier alpha value is -2.37. The zero-order chi connectivity index (χ0) is 14.9. The summed E-state index contributed by atoms with van der Waals surface area (Å²) in [4.78, 5) is 0.